The highest BCUT2D eigenvalue weighted by atomic mass is 16.5. The van der Waals surface area contributed by atoms with Crippen LogP contribution in [0.25, 0.3) is 11.1 Å². The molecular formula is C24H29NO3. The predicted octanol–water partition coefficient (Wildman–Crippen LogP) is 4.91. The van der Waals surface area contributed by atoms with Crippen LogP contribution in [-0.2, 0) is 0 Å². The molecule has 0 aliphatic carbocycles. The van der Waals surface area contributed by atoms with Crippen LogP contribution in [0.1, 0.15) is 44.2 Å². The lowest BCUT2D eigenvalue weighted by molar-refractivity contribution is 0.0855. The first-order chi connectivity index (χ1) is 13.5. The number of benzene rings is 2. The van der Waals surface area contributed by atoms with Crippen LogP contribution >= 0.6 is 0 Å². The quantitative estimate of drug-likeness (QED) is 0.749. The number of allylic oxidation sites excluding steroid dienone is 1. The smallest absolute Gasteiger partial charge is 0.131 e. The lowest BCUT2D eigenvalue weighted by Crippen LogP contribution is -2.47. The number of ether oxygens (including phenoxy) is 1. The van der Waals surface area contributed by atoms with Crippen LogP contribution in [0, 0.1) is 5.92 Å². The molecule has 2 N–H and O–H groups in total. The van der Waals surface area contributed by atoms with Gasteiger partial charge in [0.2, 0.25) is 0 Å². The second kappa shape index (κ2) is 7.88. The molecule has 2 aliphatic rings. The summed E-state index contributed by atoms with van der Waals surface area (Å²) in [5.41, 5.74) is 4.47. The number of hydrogen-bond donors (Lipinski definition) is 2. The minimum Gasteiger partial charge on any atom is -0.508 e. The molecule has 4 heteroatoms. The predicted molar refractivity (Wildman–Crippen MR) is 113 cm³/mol. The lowest BCUT2D eigenvalue weighted by atomic mass is 9.85. The largest absolute Gasteiger partial charge is 0.508 e. The van der Waals surface area contributed by atoms with E-state index in [1.165, 1.54) is 37.2 Å². The highest BCUT2D eigenvalue weighted by molar-refractivity contribution is 5.95. The number of aromatic hydroxyl groups is 2. The molecule has 2 aromatic carbocycles. The Morgan fingerprint density at radius 2 is 1.71 bits per heavy atom. The van der Waals surface area contributed by atoms with Crippen LogP contribution in [0.15, 0.2) is 42.5 Å². The fourth-order valence-electron chi connectivity index (χ4n) is 4.51. The Morgan fingerprint density at radius 1 is 1.00 bits per heavy atom. The zero-order valence-corrected chi connectivity index (χ0v) is 16.7. The molecule has 0 saturated carbocycles. The summed E-state index contributed by atoms with van der Waals surface area (Å²) in [5.74, 6) is 1.99. The van der Waals surface area contributed by atoms with Gasteiger partial charge in [0.15, 0.2) is 0 Å². The average molecular weight is 380 g/mol. The van der Waals surface area contributed by atoms with Crippen molar-refractivity contribution in [2.24, 2.45) is 5.92 Å². The van der Waals surface area contributed by atoms with Crippen LogP contribution in [-0.4, -0.2) is 40.9 Å². The molecule has 2 aliphatic heterocycles. The zero-order valence-electron chi connectivity index (χ0n) is 16.7. The van der Waals surface area contributed by atoms with Gasteiger partial charge in [-0.1, -0.05) is 19.1 Å². The molecule has 1 atom stereocenters. The summed E-state index contributed by atoms with van der Waals surface area (Å²) in [5, 5.41) is 19.6. The van der Waals surface area contributed by atoms with Gasteiger partial charge >= 0.3 is 0 Å². The second-order valence-corrected chi connectivity index (χ2v) is 8.08. The minimum absolute atomic E-state index is 0.0425. The molecule has 0 radical (unpaired) electrons. The molecule has 1 fully saturated rings. The molecule has 28 heavy (non-hydrogen) atoms. The zero-order chi connectivity index (χ0) is 19.7. The van der Waals surface area contributed by atoms with E-state index < -0.39 is 0 Å². The van der Waals surface area contributed by atoms with Gasteiger partial charge in [0.25, 0.3) is 0 Å². The summed E-state index contributed by atoms with van der Waals surface area (Å²) < 4.78 is 6.38. The van der Waals surface area contributed by atoms with E-state index in [9.17, 15) is 10.2 Å². The van der Waals surface area contributed by atoms with Crippen LogP contribution < -0.4 is 4.74 Å². The second-order valence-electron chi connectivity index (χ2n) is 8.08. The Kier molecular flexibility index (Phi) is 5.31. The minimum atomic E-state index is -0.0425. The van der Waals surface area contributed by atoms with Gasteiger partial charge in [-0.2, -0.15) is 0 Å². The van der Waals surface area contributed by atoms with Gasteiger partial charge in [0.1, 0.15) is 23.4 Å². The maximum absolute atomic E-state index is 9.89. The molecule has 0 aromatic heterocycles. The molecule has 0 amide bonds. The number of likely N-dealkylation sites (tertiary alicyclic amines) is 1. The first-order valence-electron chi connectivity index (χ1n) is 10.3. The summed E-state index contributed by atoms with van der Waals surface area (Å²) in [6, 6.07) is 12.7. The Hall–Kier alpha value is -2.46. The van der Waals surface area contributed by atoms with Gasteiger partial charge in [0, 0.05) is 30.3 Å². The van der Waals surface area contributed by atoms with Gasteiger partial charge in [0.05, 0.1) is 0 Å². The first kappa shape index (κ1) is 18.9. The van der Waals surface area contributed by atoms with E-state index in [4.69, 9.17) is 4.74 Å². The molecule has 0 bridgehead atoms. The molecule has 4 rings (SSSR count). The Morgan fingerprint density at radius 3 is 2.43 bits per heavy atom. The van der Waals surface area contributed by atoms with Crippen molar-refractivity contribution in [3.8, 4) is 17.2 Å². The van der Waals surface area contributed by atoms with Crippen molar-refractivity contribution in [3.05, 3.63) is 53.6 Å². The Bertz CT molecular complexity index is 866. The van der Waals surface area contributed by atoms with E-state index in [0.29, 0.717) is 0 Å². The van der Waals surface area contributed by atoms with Gasteiger partial charge in [-0.3, -0.25) is 0 Å². The summed E-state index contributed by atoms with van der Waals surface area (Å²) in [6.45, 7) is 7.93. The summed E-state index contributed by atoms with van der Waals surface area (Å²) in [4.78, 5) is 2.52. The molecule has 0 spiro atoms. The van der Waals surface area contributed by atoms with Gasteiger partial charge in [-0.15, -0.1) is 0 Å². The summed E-state index contributed by atoms with van der Waals surface area (Å²) in [7, 11) is 0. The number of phenols is 2. The number of hydrogen-bond acceptors (Lipinski definition) is 4. The molecule has 2 aromatic rings. The summed E-state index contributed by atoms with van der Waals surface area (Å²) in [6.07, 6.45) is 3.26. The van der Waals surface area contributed by atoms with Crippen molar-refractivity contribution in [1.82, 2.24) is 4.90 Å². The molecule has 4 nitrogen and oxygen atoms in total. The number of nitrogens with zero attached hydrogens (tertiary/aromatic N) is 1. The van der Waals surface area contributed by atoms with Gasteiger partial charge < -0.3 is 19.8 Å². The van der Waals surface area contributed by atoms with E-state index in [1.54, 1.807) is 24.3 Å². The van der Waals surface area contributed by atoms with Crippen LogP contribution in [0.4, 0.5) is 0 Å². The summed E-state index contributed by atoms with van der Waals surface area (Å²) >= 11 is 0. The van der Waals surface area contributed by atoms with Crippen LogP contribution in [0.2, 0.25) is 0 Å². The molecule has 1 saturated heterocycles. The standard InChI is InChI=1S/C24H29NO3/c1-3-12-25-14-17(15-25)4-11-22-24(18-5-7-19(26)8-6-18)16(2)21-10-9-20(27)13-23(21)28-22/h5-10,13,17,22,26-27H,3-4,11-12,14-15H2,1-2H3. The Balaban J connectivity index is 1.58. The van der Waals surface area contributed by atoms with Crippen LogP contribution in [0.3, 0.4) is 0 Å². The first-order valence-corrected chi connectivity index (χ1v) is 10.3. The van der Waals surface area contributed by atoms with Crippen molar-refractivity contribution in [3.63, 3.8) is 0 Å². The fourth-order valence-corrected chi connectivity index (χ4v) is 4.51. The van der Waals surface area contributed by atoms with Crippen molar-refractivity contribution >= 4 is 11.1 Å². The average Bonchev–Trinajstić information content (AvgIpc) is 2.64. The fraction of sp³-hybridized carbons (Fsp3) is 0.417. The molecule has 2 heterocycles. The topological polar surface area (TPSA) is 52.9 Å². The normalized spacial score (nSPS) is 19.9. The monoisotopic (exact) mass is 379 g/mol. The maximum atomic E-state index is 9.89. The van der Waals surface area contributed by atoms with Gasteiger partial charge in [-0.25, -0.2) is 0 Å². The molecule has 1 unspecified atom stereocenters. The third-order valence-corrected chi connectivity index (χ3v) is 5.95. The third kappa shape index (κ3) is 3.74. The van der Waals surface area contributed by atoms with Crippen molar-refractivity contribution in [2.45, 2.75) is 39.2 Å². The van der Waals surface area contributed by atoms with E-state index >= 15 is 0 Å². The van der Waals surface area contributed by atoms with Crippen molar-refractivity contribution < 1.29 is 14.9 Å². The van der Waals surface area contributed by atoms with Crippen molar-refractivity contribution in [1.29, 1.82) is 0 Å². The molecule has 148 valence electrons. The van der Waals surface area contributed by atoms with Crippen LogP contribution in [0.5, 0.6) is 17.2 Å². The lowest BCUT2D eigenvalue weighted by Gasteiger charge is -2.40. The van der Waals surface area contributed by atoms with E-state index in [-0.39, 0.29) is 17.6 Å². The number of rotatable bonds is 6. The third-order valence-electron chi connectivity index (χ3n) is 5.95. The highest BCUT2D eigenvalue weighted by Gasteiger charge is 2.31. The maximum Gasteiger partial charge on any atom is 0.131 e. The number of phenolic OH excluding ortho intramolecular Hbond substituents is 2. The van der Waals surface area contributed by atoms with Crippen molar-refractivity contribution in [2.75, 3.05) is 19.6 Å². The van der Waals surface area contributed by atoms with E-state index in [1.807, 2.05) is 18.2 Å². The highest BCUT2D eigenvalue weighted by Crippen LogP contribution is 2.43. The molecular weight excluding hydrogens is 350 g/mol. The van der Waals surface area contributed by atoms with E-state index in [2.05, 4.69) is 18.7 Å². The number of fused-ring (bicyclic) bond motifs is 1. The SMILES string of the molecule is CCCN1CC(CCC2Oc3cc(O)ccc3C(C)=C2c2ccc(O)cc2)C1. The van der Waals surface area contributed by atoms with Gasteiger partial charge in [-0.05, 0) is 74.1 Å². The van der Waals surface area contributed by atoms with E-state index in [0.717, 1.165) is 35.6 Å². The Labute approximate surface area is 167 Å².